The minimum absolute atomic E-state index is 0.146. The average molecular weight is 473 g/mol. The van der Waals surface area contributed by atoms with E-state index in [0.717, 1.165) is 0 Å². The number of hydrogen-bond acceptors (Lipinski definition) is 5. The molecular formula is C27H21ClN2O4. The molecule has 0 aliphatic carbocycles. The number of nitro benzene ring substituents is 1. The van der Waals surface area contributed by atoms with Crippen LogP contribution in [0, 0.1) is 10.1 Å². The Morgan fingerprint density at radius 2 is 1.59 bits per heavy atom. The van der Waals surface area contributed by atoms with Gasteiger partial charge in [0.25, 0.3) is 5.69 Å². The Hall–Kier alpha value is -4.16. The number of rotatable bonds is 7. The molecule has 0 aliphatic rings. The first-order valence-electron chi connectivity index (χ1n) is 10.5. The van der Waals surface area contributed by atoms with E-state index in [1.165, 1.54) is 0 Å². The number of carbonyl (C=O) groups excluding carboxylic acids is 1. The van der Waals surface area contributed by atoms with Gasteiger partial charge in [-0.1, -0.05) is 54.1 Å². The second-order valence-corrected chi connectivity index (χ2v) is 7.94. The van der Waals surface area contributed by atoms with E-state index in [0.29, 0.717) is 38.7 Å². The summed E-state index contributed by atoms with van der Waals surface area (Å²) >= 11 is 6.01. The molecule has 34 heavy (non-hydrogen) atoms. The third-order valence-electron chi connectivity index (χ3n) is 5.55. The molecule has 0 unspecified atom stereocenters. The molecule has 1 N–H and O–H groups in total. The van der Waals surface area contributed by atoms with Crippen LogP contribution in [0.2, 0.25) is 5.02 Å². The fourth-order valence-corrected chi connectivity index (χ4v) is 4.04. The van der Waals surface area contributed by atoms with E-state index in [1.54, 1.807) is 80.9 Å². The van der Waals surface area contributed by atoms with Crippen molar-refractivity contribution in [2.75, 3.05) is 19.5 Å². The Kier molecular flexibility index (Phi) is 6.61. The number of nitrogens with one attached hydrogen (secondary N) is 1. The summed E-state index contributed by atoms with van der Waals surface area (Å²) in [4.78, 5) is 25.8. The van der Waals surface area contributed by atoms with Gasteiger partial charge in [-0.05, 0) is 53.6 Å². The standard InChI is InChI=1S/C27H21ClN2O4/c1-29-23-16-22(17-6-4-3-5-7-17)26(30(32)33)24(18-10-14-21(34-2)15-11-18)25(23)27(31)19-8-12-20(28)13-9-19/h3-16,29H,1-2H3. The molecule has 0 heterocycles. The summed E-state index contributed by atoms with van der Waals surface area (Å²) in [6, 6.07) is 24.1. The van der Waals surface area contributed by atoms with Gasteiger partial charge in [0.2, 0.25) is 0 Å². The van der Waals surface area contributed by atoms with Crippen molar-refractivity contribution < 1.29 is 14.5 Å². The minimum atomic E-state index is -0.431. The van der Waals surface area contributed by atoms with Crippen LogP contribution in [0.5, 0.6) is 5.75 Å². The lowest BCUT2D eigenvalue weighted by molar-refractivity contribution is -0.383. The first-order chi connectivity index (χ1) is 16.4. The predicted octanol–water partition coefficient (Wildman–Crippen LogP) is 6.86. The summed E-state index contributed by atoms with van der Waals surface area (Å²) in [5, 5.41) is 16.1. The molecule has 0 saturated heterocycles. The molecule has 0 bridgehead atoms. The molecule has 0 radical (unpaired) electrons. The molecule has 0 aromatic heterocycles. The number of nitrogens with zero attached hydrogens (tertiary/aromatic N) is 1. The SMILES string of the molecule is CNc1cc(-c2ccccc2)c([N+](=O)[O-])c(-c2ccc(OC)cc2)c1C(=O)c1ccc(Cl)cc1. The van der Waals surface area contributed by atoms with Crippen molar-refractivity contribution in [1.82, 2.24) is 0 Å². The van der Waals surface area contributed by atoms with Crippen molar-refractivity contribution in [3.8, 4) is 28.0 Å². The van der Waals surface area contributed by atoms with Crippen LogP contribution in [-0.2, 0) is 0 Å². The van der Waals surface area contributed by atoms with E-state index in [2.05, 4.69) is 5.32 Å². The maximum Gasteiger partial charge on any atom is 0.285 e. The smallest absolute Gasteiger partial charge is 0.285 e. The zero-order valence-corrected chi connectivity index (χ0v) is 19.3. The Bertz CT molecular complexity index is 1350. The summed E-state index contributed by atoms with van der Waals surface area (Å²) < 4.78 is 5.25. The van der Waals surface area contributed by atoms with Gasteiger partial charge in [0, 0.05) is 23.3 Å². The third kappa shape index (κ3) is 4.36. The zero-order chi connectivity index (χ0) is 24.2. The lowest BCUT2D eigenvalue weighted by Gasteiger charge is -2.18. The zero-order valence-electron chi connectivity index (χ0n) is 18.5. The third-order valence-corrected chi connectivity index (χ3v) is 5.80. The molecule has 6 nitrogen and oxygen atoms in total. The number of ketones is 1. The van der Waals surface area contributed by atoms with Gasteiger partial charge in [-0.2, -0.15) is 0 Å². The highest BCUT2D eigenvalue weighted by Crippen LogP contribution is 2.45. The van der Waals surface area contributed by atoms with E-state index in [4.69, 9.17) is 16.3 Å². The van der Waals surface area contributed by atoms with Gasteiger partial charge in [0.15, 0.2) is 5.78 Å². The number of anilines is 1. The van der Waals surface area contributed by atoms with Crippen LogP contribution in [0.25, 0.3) is 22.3 Å². The molecule has 7 heteroatoms. The summed E-state index contributed by atoms with van der Waals surface area (Å²) in [5.74, 6) is 0.250. The van der Waals surface area contributed by atoms with Gasteiger partial charge >= 0.3 is 0 Å². The lowest BCUT2D eigenvalue weighted by atomic mass is 9.87. The summed E-state index contributed by atoms with van der Waals surface area (Å²) in [7, 11) is 3.23. The van der Waals surface area contributed by atoms with E-state index in [-0.39, 0.29) is 22.6 Å². The van der Waals surface area contributed by atoms with Gasteiger partial charge in [0.1, 0.15) is 5.75 Å². The topological polar surface area (TPSA) is 81.5 Å². The average Bonchev–Trinajstić information content (AvgIpc) is 2.88. The van der Waals surface area contributed by atoms with E-state index in [1.807, 2.05) is 18.2 Å². The molecular weight excluding hydrogens is 452 g/mol. The van der Waals surface area contributed by atoms with Crippen LogP contribution in [0.15, 0.2) is 84.9 Å². The van der Waals surface area contributed by atoms with Crippen molar-refractivity contribution in [3.63, 3.8) is 0 Å². The fourth-order valence-electron chi connectivity index (χ4n) is 3.92. The monoisotopic (exact) mass is 472 g/mol. The number of benzene rings is 4. The molecule has 0 saturated carbocycles. The summed E-state index contributed by atoms with van der Waals surface area (Å²) in [5.41, 5.74) is 2.76. The first-order valence-corrected chi connectivity index (χ1v) is 10.9. The van der Waals surface area contributed by atoms with Gasteiger partial charge < -0.3 is 10.1 Å². The largest absolute Gasteiger partial charge is 0.497 e. The molecule has 170 valence electrons. The Morgan fingerprint density at radius 3 is 2.15 bits per heavy atom. The molecule has 4 aromatic carbocycles. The molecule has 0 amide bonds. The van der Waals surface area contributed by atoms with Gasteiger partial charge in [-0.25, -0.2) is 0 Å². The molecule has 4 aromatic rings. The summed E-state index contributed by atoms with van der Waals surface area (Å²) in [6.07, 6.45) is 0. The minimum Gasteiger partial charge on any atom is -0.497 e. The Balaban J connectivity index is 2.10. The number of carbonyl (C=O) groups is 1. The molecule has 0 aliphatic heterocycles. The maximum absolute atomic E-state index is 13.7. The quantitative estimate of drug-likeness (QED) is 0.180. The number of halogens is 1. The van der Waals surface area contributed by atoms with Crippen LogP contribution < -0.4 is 10.1 Å². The molecule has 0 fully saturated rings. The van der Waals surface area contributed by atoms with E-state index in [9.17, 15) is 14.9 Å². The number of hydrogen-bond donors (Lipinski definition) is 1. The van der Waals surface area contributed by atoms with Gasteiger partial charge in [-0.15, -0.1) is 0 Å². The predicted molar refractivity (Wildman–Crippen MR) is 135 cm³/mol. The Morgan fingerprint density at radius 1 is 0.941 bits per heavy atom. The van der Waals surface area contributed by atoms with Crippen molar-refractivity contribution in [2.24, 2.45) is 0 Å². The van der Waals surface area contributed by atoms with Crippen LogP contribution in [0.4, 0.5) is 11.4 Å². The van der Waals surface area contributed by atoms with E-state index >= 15 is 0 Å². The number of ether oxygens (including phenoxy) is 1. The molecule has 4 rings (SSSR count). The van der Waals surface area contributed by atoms with Crippen LogP contribution in [0.3, 0.4) is 0 Å². The molecule has 0 spiro atoms. The second kappa shape index (κ2) is 9.77. The van der Waals surface area contributed by atoms with Crippen molar-refractivity contribution in [2.45, 2.75) is 0 Å². The number of nitro groups is 1. The van der Waals surface area contributed by atoms with Crippen molar-refractivity contribution in [1.29, 1.82) is 0 Å². The highest BCUT2D eigenvalue weighted by atomic mass is 35.5. The van der Waals surface area contributed by atoms with Crippen molar-refractivity contribution in [3.05, 3.63) is 111 Å². The van der Waals surface area contributed by atoms with Crippen molar-refractivity contribution >= 4 is 28.8 Å². The molecule has 0 atom stereocenters. The van der Waals surface area contributed by atoms with E-state index < -0.39 is 4.92 Å². The fraction of sp³-hybridized carbons (Fsp3) is 0.0741. The highest BCUT2D eigenvalue weighted by Gasteiger charge is 2.31. The lowest BCUT2D eigenvalue weighted by Crippen LogP contribution is -2.11. The second-order valence-electron chi connectivity index (χ2n) is 7.51. The highest BCUT2D eigenvalue weighted by molar-refractivity contribution is 6.30. The first kappa shape index (κ1) is 23.0. The van der Waals surface area contributed by atoms with Crippen LogP contribution in [-0.4, -0.2) is 24.9 Å². The van der Waals surface area contributed by atoms with Gasteiger partial charge in [-0.3, -0.25) is 14.9 Å². The van der Waals surface area contributed by atoms with Crippen LogP contribution in [0.1, 0.15) is 15.9 Å². The number of methoxy groups -OCH3 is 1. The Labute approximate surface area is 201 Å². The van der Waals surface area contributed by atoms with Crippen LogP contribution >= 0.6 is 11.6 Å². The summed E-state index contributed by atoms with van der Waals surface area (Å²) in [6.45, 7) is 0. The van der Waals surface area contributed by atoms with Gasteiger partial charge in [0.05, 0.1) is 28.7 Å². The maximum atomic E-state index is 13.7. The normalized spacial score (nSPS) is 10.6.